The van der Waals surface area contributed by atoms with Crippen molar-refractivity contribution in [2.45, 2.75) is 47.1 Å². The van der Waals surface area contributed by atoms with Crippen molar-refractivity contribution in [1.29, 1.82) is 0 Å². The molecule has 0 aliphatic heterocycles. The fraction of sp³-hybridized carbons (Fsp3) is 1.00. The Balaban J connectivity index is 4.73. The normalized spacial score (nSPS) is 13.7. The molecule has 0 heterocycles. The van der Waals surface area contributed by atoms with Gasteiger partial charge in [-0.15, -0.1) is 0 Å². The zero-order valence-electron chi connectivity index (χ0n) is 14.3. The van der Waals surface area contributed by atoms with Gasteiger partial charge in [-0.25, -0.2) is 0 Å². The highest BCUT2D eigenvalue weighted by molar-refractivity contribution is 4.59. The van der Waals surface area contributed by atoms with Crippen molar-refractivity contribution in [3.8, 4) is 0 Å². The summed E-state index contributed by atoms with van der Waals surface area (Å²) in [5.74, 6) is 0. The number of hydrogen-bond donors (Lipinski definition) is 0. The first-order valence-electron chi connectivity index (χ1n) is 8.29. The fourth-order valence-corrected chi connectivity index (χ4v) is 2.75. The van der Waals surface area contributed by atoms with Crippen LogP contribution in [0, 0.1) is 0 Å². The smallest absolute Gasteiger partial charge is 0.113 e. The Labute approximate surface area is 126 Å². The summed E-state index contributed by atoms with van der Waals surface area (Å²) in [6.45, 7) is 18.7. The first-order valence-corrected chi connectivity index (χ1v) is 8.29. The Bertz CT molecular complexity index is 202. The van der Waals surface area contributed by atoms with Crippen LogP contribution in [0.1, 0.15) is 41.0 Å². The Morgan fingerprint density at radius 1 is 0.750 bits per heavy atom. The number of ether oxygens (including phenoxy) is 3. The van der Waals surface area contributed by atoms with Gasteiger partial charge in [0.2, 0.25) is 0 Å². The summed E-state index contributed by atoms with van der Waals surface area (Å²) in [4.78, 5) is 0. The summed E-state index contributed by atoms with van der Waals surface area (Å²) in [6.07, 6.45) is 1.13. The maximum atomic E-state index is 5.71. The predicted molar refractivity (Wildman–Crippen MR) is 84.1 cm³/mol. The van der Waals surface area contributed by atoms with E-state index >= 15 is 0 Å². The largest absolute Gasteiger partial charge is 0.376 e. The molecule has 0 rings (SSSR count). The van der Waals surface area contributed by atoms with Gasteiger partial charge >= 0.3 is 0 Å². The van der Waals surface area contributed by atoms with Gasteiger partial charge < -0.3 is 18.7 Å². The molecule has 0 aromatic heterocycles. The van der Waals surface area contributed by atoms with Crippen LogP contribution in [0.15, 0.2) is 0 Å². The lowest BCUT2D eigenvalue weighted by Crippen LogP contribution is -2.59. The van der Waals surface area contributed by atoms with E-state index in [1.165, 1.54) is 0 Å². The maximum absolute atomic E-state index is 5.71. The van der Waals surface area contributed by atoms with E-state index in [9.17, 15) is 0 Å². The second kappa shape index (κ2) is 12.6. The van der Waals surface area contributed by atoms with Crippen molar-refractivity contribution >= 4 is 0 Å². The summed E-state index contributed by atoms with van der Waals surface area (Å²) < 4.78 is 17.9. The van der Waals surface area contributed by atoms with Gasteiger partial charge in [-0.3, -0.25) is 0 Å². The van der Waals surface area contributed by atoms with Crippen LogP contribution in [0.4, 0.5) is 0 Å². The van der Waals surface area contributed by atoms with Crippen LogP contribution in [0.25, 0.3) is 0 Å². The first-order chi connectivity index (χ1) is 9.70. The molecule has 0 aliphatic rings. The molecule has 0 aromatic carbocycles. The second-order valence-corrected chi connectivity index (χ2v) is 5.10. The van der Waals surface area contributed by atoms with E-state index in [-0.39, 0.29) is 0 Å². The van der Waals surface area contributed by atoms with Crippen LogP contribution in [-0.2, 0) is 14.2 Å². The van der Waals surface area contributed by atoms with Crippen LogP contribution < -0.4 is 0 Å². The van der Waals surface area contributed by atoms with Crippen LogP contribution >= 0.6 is 0 Å². The summed E-state index contributed by atoms with van der Waals surface area (Å²) in [7, 11) is 0. The Morgan fingerprint density at radius 3 is 1.60 bits per heavy atom. The van der Waals surface area contributed by atoms with E-state index in [1.54, 1.807) is 0 Å². The molecule has 0 aromatic rings. The molecule has 4 heteroatoms. The molecule has 1 unspecified atom stereocenters. The van der Waals surface area contributed by atoms with E-state index < -0.39 is 0 Å². The average Bonchev–Trinajstić information content (AvgIpc) is 2.47. The summed E-state index contributed by atoms with van der Waals surface area (Å²) in [5, 5.41) is 0. The molecule has 0 saturated heterocycles. The zero-order valence-corrected chi connectivity index (χ0v) is 14.3. The van der Waals surface area contributed by atoms with Crippen molar-refractivity contribution in [2.75, 3.05) is 59.3 Å². The molecule has 0 amide bonds. The Hall–Kier alpha value is -0.160. The lowest BCUT2D eigenvalue weighted by atomic mass is 10.1. The molecule has 0 saturated carbocycles. The predicted octanol–water partition coefficient (Wildman–Crippen LogP) is 2.71. The monoisotopic (exact) mass is 290 g/mol. The van der Waals surface area contributed by atoms with Gasteiger partial charge in [-0.05, 0) is 34.1 Å². The number of rotatable bonds is 14. The topological polar surface area (TPSA) is 27.7 Å². The van der Waals surface area contributed by atoms with Gasteiger partial charge in [-0.2, -0.15) is 0 Å². The van der Waals surface area contributed by atoms with Crippen LogP contribution in [0.2, 0.25) is 0 Å². The fourth-order valence-electron chi connectivity index (χ4n) is 2.75. The summed E-state index contributed by atoms with van der Waals surface area (Å²) in [6, 6.07) is 0.529. The van der Waals surface area contributed by atoms with Gasteiger partial charge in [0, 0.05) is 19.8 Å². The van der Waals surface area contributed by atoms with E-state index in [2.05, 4.69) is 34.6 Å². The maximum Gasteiger partial charge on any atom is 0.113 e. The third-order valence-corrected chi connectivity index (χ3v) is 4.16. The third-order valence-electron chi connectivity index (χ3n) is 4.16. The highest BCUT2D eigenvalue weighted by Crippen LogP contribution is 2.18. The second-order valence-electron chi connectivity index (χ2n) is 5.10. The minimum absolute atomic E-state index is 0.529. The molecule has 4 nitrogen and oxygen atoms in total. The lowest BCUT2D eigenvalue weighted by molar-refractivity contribution is -0.950. The standard InChI is InChI=1S/C16H36NO3/c1-6-16(15-20-10-5)17(7-2,11-13-18-8-3)12-14-19-9-4/h16H,6-15H2,1-5H3/q+1. The minimum atomic E-state index is 0.529. The van der Waals surface area contributed by atoms with Gasteiger partial charge in [0.05, 0.1) is 26.4 Å². The van der Waals surface area contributed by atoms with Gasteiger partial charge in [0.15, 0.2) is 0 Å². The van der Waals surface area contributed by atoms with Crippen LogP contribution in [-0.4, -0.2) is 69.8 Å². The number of likely N-dealkylation sites (N-methyl/N-ethyl adjacent to an activating group) is 1. The highest BCUT2D eigenvalue weighted by Gasteiger charge is 2.34. The molecular weight excluding hydrogens is 254 g/mol. The number of nitrogens with zero attached hydrogens (tertiary/aromatic N) is 1. The first kappa shape index (κ1) is 19.8. The zero-order chi connectivity index (χ0) is 15.3. The molecule has 0 N–H and O–H groups in total. The van der Waals surface area contributed by atoms with E-state index in [1.807, 2.05) is 0 Å². The number of quaternary nitrogens is 1. The van der Waals surface area contributed by atoms with Gasteiger partial charge in [0.1, 0.15) is 19.1 Å². The molecule has 0 fully saturated rings. The Kier molecular flexibility index (Phi) is 12.5. The van der Waals surface area contributed by atoms with Crippen LogP contribution in [0.5, 0.6) is 0 Å². The minimum Gasteiger partial charge on any atom is -0.376 e. The average molecular weight is 290 g/mol. The molecule has 1 atom stereocenters. The van der Waals surface area contributed by atoms with E-state index in [0.29, 0.717) is 6.04 Å². The van der Waals surface area contributed by atoms with Gasteiger partial charge in [0.25, 0.3) is 0 Å². The molecule has 0 bridgehead atoms. The Morgan fingerprint density at radius 2 is 1.25 bits per heavy atom. The quantitative estimate of drug-likeness (QED) is 0.364. The number of hydrogen-bond acceptors (Lipinski definition) is 3. The van der Waals surface area contributed by atoms with Crippen molar-refractivity contribution < 1.29 is 18.7 Å². The summed E-state index contributed by atoms with van der Waals surface area (Å²) >= 11 is 0. The molecule has 0 radical (unpaired) electrons. The van der Waals surface area contributed by atoms with Crippen molar-refractivity contribution in [3.63, 3.8) is 0 Å². The summed E-state index contributed by atoms with van der Waals surface area (Å²) in [5.41, 5.74) is 0. The third kappa shape index (κ3) is 7.02. The van der Waals surface area contributed by atoms with E-state index in [0.717, 1.165) is 70.2 Å². The molecular formula is C16H36NO3+. The van der Waals surface area contributed by atoms with Crippen molar-refractivity contribution in [2.24, 2.45) is 0 Å². The molecule has 20 heavy (non-hydrogen) atoms. The van der Waals surface area contributed by atoms with E-state index in [4.69, 9.17) is 14.2 Å². The van der Waals surface area contributed by atoms with Crippen molar-refractivity contribution in [3.05, 3.63) is 0 Å². The van der Waals surface area contributed by atoms with Crippen molar-refractivity contribution in [1.82, 2.24) is 0 Å². The molecule has 0 aliphatic carbocycles. The highest BCUT2D eigenvalue weighted by atomic mass is 16.5. The molecule has 0 spiro atoms. The lowest BCUT2D eigenvalue weighted by Gasteiger charge is -2.44. The van der Waals surface area contributed by atoms with Crippen LogP contribution in [0.3, 0.4) is 0 Å². The SMILES string of the molecule is CCOCC[N+](CC)(CCOCC)C(CC)COCC. The van der Waals surface area contributed by atoms with Gasteiger partial charge in [-0.1, -0.05) is 6.92 Å². The molecule has 122 valence electrons.